The largest absolute Gasteiger partial charge is 0.482 e. The first-order chi connectivity index (χ1) is 12.9. The molecule has 9 heteroatoms. The Balaban J connectivity index is 1.83. The van der Waals surface area contributed by atoms with E-state index in [1.807, 2.05) is 0 Å². The normalized spacial score (nSPS) is 11.6. The summed E-state index contributed by atoms with van der Waals surface area (Å²) in [6.45, 7) is 3.26. The van der Waals surface area contributed by atoms with E-state index in [1.165, 1.54) is 11.3 Å². The first kappa shape index (κ1) is 20.7. The van der Waals surface area contributed by atoms with Gasteiger partial charge in [0.25, 0.3) is 17.7 Å². The summed E-state index contributed by atoms with van der Waals surface area (Å²) < 4.78 is 5.29. The van der Waals surface area contributed by atoms with Crippen molar-refractivity contribution in [2.24, 2.45) is 5.92 Å². The number of para-hydroxylation sites is 1. The Labute approximate surface area is 166 Å². The summed E-state index contributed by atoms with van der Waals surface area (Å²) >= 11 is 7.22. The van der Waals surface area contributed by atoms with E-state index < -0.39 is 17.9 Å². The predicted octanol–water partition coefficient (Wildman–Crippen LogP) is 2.38. The van der Waals surface area contributed by atoms with Crippen molar-refractivity contribution in [3.05, 3.63) is 51.7 Å². The Morgan fingerprint density at radius 2 is 1.85 bits per heavy atom. The van der Waals surface area contributed by atoms with Gasteiger partial charge in [-0.05, 0) is 29.5 Å². The van der Waals surface area contributed by atoms with Gasteiger partial charge in [0.05, 0.1) is 9.90 Å². The molecule has 2 aromatic rings. The first-order valence-electron chi connectivity index (χ1n) is 8.19. The molecule has 0 fully saturated rings. The van der Waals surface area contributed by atoms with Crippen molar-refractivity contribution in [3.63, 3.8) is 0 Å². The summed E-state index contributed by atoms with van der Waals surface area (Å²) in [7, 11) is 0. The Bertz CT molecular complexity index is 796. The molecule has 1 heterocycles. The van der Waals surface area contributed by atoms with E-state index in [-0.39, 0.29) is 18.4 Å². The Kier molecular flexibility index (Phi) is 7.63. The van der Waals surface area contributed by atoms with Crippen molar-refractivity contribution < 1.29 is 19.1 Å². The van der Waals surface area contributed by atoms with Crippen LogP contribution in [-0.2, 0) is 9.59 Å². The summed E-state index contributed by atoms with van der Waals surface area (Å²) in [5, 5.41) is 4.82. The fraction of sp³-hybridized carbons (Fsp3) is 0.278. The van der Waals surface area contributed by atoms with Gasteiger partial charge in [0, 0.05) is 0 Å². The molecule has 1 atom stereocenters. The van der Waals surface area contributed by atoms with Crippen LogP contribution in [0.15, 0.2) is 41.8 Å². The monoisotopic (exact) mass is 409 g/mol. The molecule has 0 spiro atoms. The van der Waals surface area contributed by atoms with Crippen LogP contribution in [0.25, 0.3) is 0 Å². The number of benzene rings is 1. The molecule has 7 nitrogen and oxygen atoms in total. The number of hydrazine groups is 1. The maximum Gasteiger partial charge on any atom is 0.276 e. The van der Waals surface area contributed by atoms with E-state index in [0.29, 0.717) is 15.6 Å². The molecule has 0 unspecified atom stereocenters. The average Bonchev–Trinajstić information content (AvgIpc) is 3.18. The highest BCUT2D eigenvalue weighted by molar-refractivity contribution is 7.12. The van der Waals surface area contributed by atoms with Crippen LogP contribution >= 0.6 is 22.9 Å². The van der Waals surface area contributed by atoms with Crippen molar-refractivity contribution in [2.75, 3.05) is 6.61 Å². The number of ether oxygens (including phenoxy) is 1. The molecule has 1 aromatic heterocycles. The molecule has 0 saturated heterocycles. The van der Waals surface area contributed by atoms with E-state index in [9.17, 15) is 14.4 Å². The van der Waals surface area contributed by atoms with Crippen molar-refractivity contribution in [1.29, 1.82) is 0 Å². The van der Waals surface area contributed by atoms with Crippen LogP contribution in [0.2, 0.25) is 5.02 Å². The smallest absolute Gasteiger partial charge is 0.276 e. The first-order valence-corrected chi connectivity index (χ1v) is 9.44. The van der Waals surface area contributed by atoms with Crippen molar-refractivity contribution in [2.45, 2.75) is 19.9 Å². The molecule has 0 aliphatic rings. The highest BCUT2D eigenvalue weighted by Gasteiger charge is 2.25. The van der Waals surface area contributed by atoms with Crippen molar-refractivity contribution in [1.82, 2.24) is 16.2 Å². The van der Waals surface area contributed by atoms with Crippen LogP contribution in [-0.4, -0.2) is 30.4 Å². The Hall–Kier alpha value is -2.58. The molecule has 27 heavy (non-hydrogen) atoms. The number of carbonyl (C=O) groups is 3. The Morgan fingerprint density at radius 3 is 2.48 bits per heavy atom. The standard InChI is InChI=1S/C18H20ClN3O4S/c1-11(2)16(20-17(24)14-8-5-9-27-14)18(25)22-21-15(23)10-26-13-7-4-3-6-12(13)19/h3-9,11,16H,10H2,1-2H3,(H,20,24)(H,21,23)(H,22,25)/t16-/m0/s1. The highest BCUT2D eigenvalue weighted by atomic mass is 35.5. The van der Waals surface area contributed by atoms with Gasteiger partial charge in [-0.1, -0.05) is 43.6 Å². The summed E-state index contributed by atoms with van der Waals surface area (Å²) in [5.41, 5.74) is 4.56. The zero-order chi connectivity index (χ0) is 19.8. The van der Waals surface area contributed by atoms with Gasteiger partial charge in [-0.15, -0.1) is 11.3 Å². The van der Waals surface area contributed by atoms with Gasteiger partial charge in [-0.3, -0.25) is 25.2 Å². The average molecular weight is 410 g/mol. The fourth-order valence-corrected chi connectivity index (χ4v) is 2.92. The number of amides is 3. The molecule has 3 amide bonds. The third kappa shape index (κ3) is 6.26. The second kappa shape index (κ2) is 9.94. The van der Waals surface area contributed by atoms with E-state index in [4.69, 9.17) is 16.3 Å². The molecule has 0 saturated carbocycles. The number of thiophene rings is 1. The van der Waals surface area contributed by atoms with Crippen molar-refractivity contribution >= 4 is 40.7 Å². The molecule has 1 aromatic carbocycles. The van der Waals surface area contributed by atoms with Crippen LogP contribution in [0.4, 0.5) is 0 Å². The van der Waals surface area contributed by atoms with Crippen molar-refractivity contribution in [3.8, 4) is 5.75 Å². The van der Waals surface area contributed by atoms with Gasteiger partial charge in [-0.2, -0.15) is 0 Å². The lowest BCUT2D eigenvalue weighted by Gasteiger charge is -2.21. The minimum atomic E-state index is -0.801. The van der Waals surface area contributed by atoms with E-state index in [0.717, 1.165) is 0 Å². The topological polar surface area (TPSA) is 96.5 Å². The van der Waals surface area contributed by atoms with Crippen LogP contribution in [0.5, 0.6) is 5.75 Å². The number of hydrogen-bond donors (Lipinski definition) is 3. The summed E-state index contributed by atoms with van der Waals surface area (Å²) in [6, 6.07) is 9.36. The highest BCUT2D eigenvalue weighted by Crippen LogP contribution is 2.22. The lowest BCUT2D eigenvalue weighted by atomic mass is 10.0. The lowest BCUT2D eigenvalue weighted by Crippen LogP contribution is -2.54. The molecular weight excluding hydrogens is 390 g/mol. The number of nitrogens with one attached hydrogen (secondary N) is 3. The molecular formula is C18H20ClN3O4S. The number of rotatable bonds is 7. The van der Waals surface area contributed by atoms with Gasteiger partial charge in [-0.25, -0.2) is 0 Å². The van der Waals surface area contributed by atoms with Gasteiger partial charge >= 0.3 is 0 Å². The van der Waals surface area contributed by atoms with Crippen LogP contribution in [0.3, 0.4) is 0 Å². The second-order valence-corrected chi connectivity index (χ2v) is 7.28. The number of halogens is 1. The van der Waals surface area contributed by atoms with Crippen LogP contribution in [0, 0.1) is 5.92 Å². The lowest BCUT2D eigenvalue weighted by molar-refractivity contribution is -0.131. The summed E-state index contributed by atoms with van der Waals surface area (Å²) in [6.07, 6.45) is 0. The molecule has 0 aliphatic carbocycles. The zero-order valence-corrected chi connectivity index (χ0v) is 16.4. The molecule has 0 radical (unpaired) electrons. The third-order valence-corrected chi connectivity index (χ3v) is 4.68. The van der Waals surface area contributed by atoms with Gasteiger partial charge < -0.3 is 10.1 Å². The zero-order valence-electron chi connectivity index (χ0n) is 14.8. The SMILES string of the molecule is CC(C)[C@H](NC(=O)c1cccs1)C(=O)NNC(=O)COc1ccccc1Cl. The van der Waals surface area contributed by atoms with E-state index in [2.05, 4.69) is 16.2 Å². The second-order valence-electron chi connectivity index (χ2n) is 5.93. The van der Waals surface area contributed by atoms with E-state index >= 15 is 0 Å². The van der Waals surface area contributed by atoms with Gasteiger partial charge in [0.2, 0.25) is 0 Å². The Morgan fingerprint density at radius 1 is 1.11 bits per heavy atom. The predicted molar refractivity (Wildman–Crippen MR) is 104 cm³/mol. The third-order valence-electron chi connectivity index (χ3n) is 3.50. The number of hydrogen-bond acceptors (Lipinski definition) is 5. The minimum absolute atomic E-state index is 0.176. The quantitative estimate of drug-likeness (QED) is 0.612. The minimum Gasteiger partial charge on any atom is -0.482 e. The molecule has 2 rings (SSSR count). The number of carbonyl (C=O) groups excluding carboxylic acids is 3. The molecule has 144 valence electrons. The van der Waals surface area contributed by atoms with Gasteiger partial charge in [0.15, 0.2) is 6.61 Å². The molecule has 3 N–H and O–H groups in total. The van der Waals surface area contributed by atoms with Crippen LogP contribution in [0.1, 0.15) is 23.5 Å². The molecule has 0 aliphatic heterocycles. The van der Waals surface area contributed by atoms with Gasteiger partial charge in [0.1, 0.15) is 11.8 Å². The van der Waals surface area contributed by atoms with Crippen LogP contribution < -0.4 is 20.9 Å². The maximum atomic E-state index is 12.3. The molecule has 0 bridgehead atoms. The summed E-state index contributed by atoms with van der Waals surface area (Å²) in [5.74, 6) is -1.24. The summed E-state index contributed by atoms with van der Waals surface area (Å²) in [4.78, 5) is 36.8. The maximum absolute atomic E-state index is 12.3. The fourth-order valence-electron chi connectivity index (χ4n) is 2.11. The van der Waals surface area contributed by atoms with E-state index in [1.54, 1.807) is 55.6 Å².